The van der Waals surface area contributed by atoms with Crippen LogP contribution in [0, 0.1) is 19.8 Å². The molecule has 6 heteroatoms. The van der Waals surface area contributed by atoms with Gasteiger partial charge in [-0.1, -0.05) is 19.3 Å². The van der Waals surface area contributed by atoms with Crippen LogP contribution in [0.5, 0.6) is 0 Å². The Balaban J connectivity index is 1.54. The first-order chi connectivity index (χ1) is 14.2. The maximum Gasteiger partial charge on any atom is 0.407 e. The molecular weight excluding hydrogens is 378 g/mol. The van der Waals surface area contributed by atoms with Gasteiger partial charge in [0, 0.05) is 37.1 Å². The van der Waals surface area contributed by atoms with E-state index in [1.807, 2.05) is 25.7 Å². The van der Waals surface area contributed by atoms with Gasteiger partial charge in [0.05, 0.1) is 5.56 Å². The average molecular weight is 418 g/mol. The number of aryl methyl sites for hydroxylation is 1. The molecule has 0 bridgehead atoms. The minimum absolute atomic E-state index is 0.156. The smallest absolute Gasteiger partial charge is 0.407 e. The Hall–Kier alpha value is -1.98. The van der Waals surface area contributed by atoms with Crippen LogP contribution in [0.1, 0.15) is 93.5 Å². The molecule has 2 fully saturated rings. The van der Waals surface area contributed by atoms with Crippen LogP contribution in [-0.4, -0.2) is 46.7 Å². The first kappa shape index (κ1) is 22.7. The third-order valence-corrected chi connectivity index (χ3v) is 6.49. The van der Waals surface area contributed by atoms with Crippen molar-refractivity contribution in [2.45, 2.75) is 91.2 Å². The summed E-state index contributed by atoms with van der Waals surface area (Å²) < 4.78 is 7.71. The van der Waals surface area contributed by atoms with Crippen LogP contribution in [0.25, 0.3) is 0 Å². The summed E-state index contributed by atoms with van der Waals surface area (Å²) in [6, 6.07) is 2.63. The number of piperidine rings is 1. The van der Waals surface area contributed by atoms with Gasteiger partial charge in [-0.05, 0) is 72.3 Å². The predicted molar refractivity (Wildman–Crippen MR) is 119 cm³/mol. The van der Waals surface area contributed by atoms with Gasteiger partial charge in [-0.25, -0.2) is 4.79 Å². The van der Waals surface area contributed by atoms with E-state index < -0.39 is 5.60 Å². The zero-order chi connectivity index (χ0) is 21.9. The highest BCUT2D eigenvalue weighted by molar-refractivity contribution is 5.95. The number of amides is 2. The number of ether oxygens (including phenoxy) is 1. The van der Waals surface area contributed by atoms with Crippen molar-refractivity contribution in [1.82, 2.24) is 14.8 Å². The van der Waals surface area contributed by atoms with Crippen LogP contribution in [0.3, 0.4) is 0 Å². The van der Waals surface area contributed by atoms with Crippen LogP contribution in [0.4, 0.5) is 4.79 Å². The van der Waals surface area contributed by atoms with E-state index in [9.17, 15) is 9.59 Å². The molecule has 0 unspecified atom stereocenters. The summed E-state index contributed by atoms with van der Waals surface area (Å²) in [4.78, 5) is 27.1. The molecular formula is C24H39N3O3. The van der Waals surface area contributed by atoms with Gasteiger partial charge < -0.3 is 19.5 Å². The zero-order valence-electron chi connectivity index (χ0n) is 19.4. The predicted octanol–water partition coefficient (Wildman–Crippen LogP) is 4.99. The molecule has 1 saturated heterocycles. The van der Waals surface area contributed by atoms with E-state index in [1.165, 1.54) is 37.8 Å². The Morgan fingerprint density at radius 2 is 1.70 bits per heavy atom. The minimum atomic E-state index is -0.482. The van der Waals surface area contributed by atoms with Crippen LogP contribution in [0.2, 0.25) is 0 Å². The molecule has 2 amide bonds. The maximum atomic E-state index is 13.2. The highest BCUT2D eigenvalue weighted by Crippen LogP contribution is 2.32. The summed E-state index contributed by atoms with van der Waals surface area (Å²) >= 11 is 0. The maximum absolute atomic E-state index is 13.2. The summed E-state index contributed by atoms with van der Waals surface area (Å²) in [5, 5.41) is 2.87. The van der Waals surface area contributed by atoms with Crippen molar-refractivity contribution in [1.29, 1.82) is 0 Å². The standard InChI is InChI=1S/C24H39N3O3/c1-17-15-21(18(2)27(17)20-9-7-6-8-10-20)22(28)26-13-11-19(12-14-26)16-25-23(29)30-24(3,4)5/h15,19-20H,6-14,16H2,1-5H3,(H,25,29). The van der Waals surface area contributed by atoms with Gasteiger partial charge in [-0.2, -0.15) is 0 Å². The molecule has 30 heavy (non-hydrogen) atoms. The molecule has 6 nitrogen and oxygen atoms in total. The Kier molecular flexibility index (Phi) is 7.14. The molecule has 0 spiro atoms. The third-order valence-electron chi connectivity index (χ3n) is 6.49. The summed E-state index contributed by atoms with van der Waals surface area (Å²) in [5.41, 5.74) is 2.71. The Labute approximate surface area is 181 Å². The number of carbonyl (C=O) groups excluding carboxylic acids is 2. The van der Waals surface area contributed by atoms with Gasteiger partial charge in [0.25, 0.3) is 5.91 Å². The summed E-state index contributed by atoms with van der Waals surface area (Å²) in [5.74, 6) is 0.542. The number of nitrogens with zero attached hydrogens (tertiary/aromatic N) is 2. The van der Waals surface area contributed by atoms with E-state index in [1.54, 1.807) is 0 Å². The molecule has 0 aromatic carbocycles. The van der Waals surface area contributed by atoms with Crippen molar-refractivity contribution in [2.75, 3.05) is 19.6 Å². The van der Waals surface area contributed by atoms with Crippen molar-refractivity contribution in [2.24, 2.45) is 5.92 Å². The molecule has 0 atom stereocenters. The van der Waals surface area contributed by atoms with Crippen LogP contribution in [-0.2, 0) is 4.74 Å². The summed E-state index contributed by atoms with van der Waals surface area (Å²) in [6.45, 7) is 11.9. The molecule has 1 saturated carbocycles. The number of hydrogen-bond donors (Lipinski definition) is 1. The number of nitrogens with one attached hydrogen (secondary N) is 1. The van der Waals surface area contributed by atoms with Crippen molar-refractivity contribution in [3.63, 3.8) is 0 Å². The lowest BCUT2D eigenvalue weighted by molar-refractivity contribution is 0.0500. The lowest BCUT2D eigenvalue weighted by atomic mass is 9.95. The lowest BCUT2D eigenvalue weighted by Gasteiger charge is -2.32. The molecule has 0 radical (unpaired) electrons. The van der Waals surface area contributed by atoms with Gasteiger partial charge in [-0.15, -0.1) is 0 Å². The second-order valence-electron chi connectivity index (χ2n) is 10.1. The zero-order valence-corrected chi connectivity index (χ0v) is 19.4. The van der Waals surface area contributed by atoms with Gasteiger partial charge in [0.1, 0.15) is 5.60 Å². The van der Waals surface area contributed by atoms with E-state index in [2.05, 4.69) is 29.8 Å². The van der Waals surface area contributed by atoms with E-state index in [-0.39, 0.29) is 12.0 Å². The monoisotopic (exact) mass is 417 g/mol. The molecule has 168 valence electrons. The average Bonchev–Trinajstić information content (AvgIpc) is 2.99. The van der Waals surface area contributed by atoms with Crippen LogP contribution < -0.4 is 5.32 Å². The number of alkyl carbamates (subject to hydrolysis) is 1. The van der Waals surface area contributed by atoms with Gasteiger partial charge >= 0.3 is 6.09 Å². The quantitative estimate of drug-likeness (QED) is 0.751. The largest absolute Gasteiger partial charge is 0.444 e. The molecule has 1 aliphatic heterocycles. The van der Waals surface area contributed by atoms with Gasteiger partial charge in [0.15, 0.2) is 0 Å². The topological polar surface area (TPSA) is 63.6 Å². The third kappa shape index (κ3) is 5.58. The molecule has 2 heterocycles. The Bertz CT molecular complexity index is 748. The summed E-state index contributed by atoms with van der Waals surface area (Å²) in [6.07, 6.45) is 7.80. The molecule has 2 aliphatic rings. The van der Waals surface area contributed by atoms with Crippen molar-refractivity contribution in [3.8, 4) is 0 Å². The minimum Gasteiger partial charge on any atom is -0.444 e. The highest BCUT2D eigenvalue weighted by Gasteiger charge is 2.28. The van der Waals surface area contributed by atoms with E-state index in [0.29, 0.717) is 18.5 Å². The molecule has 1 aliphatic carbocycles. The van der Waals surface area contributed by atoms with E-state index in [4.69, 9.17) is 4.74 Å². The summed E-state index contributed by atoms with van der Waals surface area (Å²) in [7, 11) is 0. The Morgan fingerprint density at radius 1 is 1.07 bits per heavy atom. The SMILES string of the molecule is Cc1cc(C(=O)N2CCC(CNC(=O)OC(C)(C)C)CC2)c(C)n1C1CCCCC1. The van der Waals surface area contributed by atoms with E-state index >= 15 is 0 Å². The van der Waals surface area contributed by atoms with Crippen molar-refractivity contribution < 1.29 is 14.3 Å². The second kappa shape index (κ2) is 9.44. The van der Waals surface area contributed by atoms with E-state index in [0.717, 1.165) is 37.2 Å². The number of aromatic nitrogens is 1. The molecule has 1 N–H and O–H groups in total. The molecule has 1 aromatic heterocycles. The fourth-order valence-electron chi connectivity index (χ4n) is 4.95. The number of hydrogen-bond acceptors (Lipinski definition) is 3. The first-order valence-corrected chi connectivity index (χ1v) is 11.6. The number of carbonyl (C=O) groups is 2. The Morgan fingerprint density at radius 3 is 2.30 bits per heavy atom. The van der Waals surface area contributed by atoms with Crippen molar-refractivity contribution in [3.05, 3.63) is 23.0 Å². The van der Waals surface area contributed by atoms with Crippen molar-refractivity contribution >= 4 is 12.0 Å². The van der Waals surface area contributed by atoms with Crippen LogP contribution >= 0.6 is 0 Å². The fraction of sp³-hybridized carbons (Fsp3) is 0.750. The number of rotatable bonds is 4. The fourth-order valence-corrected chi connectivity index (χ4v) is 4.95. The first-order valence-electron chi connectivity index (χ1n) is 11.6. The lowest BCUT2D eigenvalue weighted by Crippen LogP contribution is -2.42. The molecule has 1 aromatic rings. The number of likely N-dealkylation sites (tertiary alicyclic amines) is 1. The van der Waals surface area contributed by atoms with Gasteiger partial charge in [-0.3, -0.25) is 4.79 Å². The second-order valence-corrected chi connectivity index (χ2v) is 10.1. The van der Waals surface area contributed by atoms with Gasteiger partial charge in [0.2, 0.25) is 0 Å². The highest BCUT2D eigenvalue weighted by atomic mass is 16.6. The van der Waals surface area contributed by atoms with Crippen LogP contribution in [0.15, 0.2) is 6.07 Å². The molecule has 3 rings (SSSR count). The normalized spacial score (nSPS) is 19.0.